The fraction of sp³-hybridized carbons (Fsp3) is 1.00. The van der Waals surface area contributed by atoms with Gasteiger partial charge in [0.05, 0.1) is 0 Å². The zero-order valence-electron chi connectivity index (χ0n) is 9.31. The van der Waals surface area contributed by atoms with Gasteiger partial charge in [-0.15, -0.1) is 0 Å². The van der Waals surface area contributed by atoms with Crippen LogP contribution in [0.1, 0.15) is 58.8 Å². The standard InChI is InChI=1S/C9H17N.C3H8/c1-2-6-9-8(4-1)5-3-7-10-9;1-3-2/h8-10H,1-7H2;3H2,1-2H3. The van der Waals surface area contributed by atoms with E-state index in [2.05, 4.69) is 19.2 Å². The predicted octanol–water partition coefficient (Wildman–Crippen LogP) is 3.34. The molecule has 78 valence electrons. The zero-order chi connectivity index (χ0) is 9.52. The van der Waals surface area contributed by atoms with Crippen LogP contribution in [0.2, 0.25) is 0 Å². The van der Waals surface area contributed by atoms with Gasteiger partial charge in [0.15, 0.2) is 0 Å². The van der Waals surface area contributed by atoms with Crippen LogP contribution < -0.4 is 5.32 Å². The van der Waals surface area contributed by atoms with E-state index in [0.717, 1.165) is 12.0 Å². The molecule has 1 aliphatic heterocycles. The first-order valence-corrected chi connectivity index (χ1v) is 6.11. The average Bonchev–Trinajstić information content (AvgIpc) is 2.19. The lowest BCUT2D eigenvalue weighted by molar-refractivity contribution is 0.212. The van der Waals surface area contributed by atoms with Crippen molar-refractivity contribution in [2.45, 2.75) is 64.8 Å². The van der Waals surface area contributed by atoms with E-state index in [9.17, 15) is 0 Å². The van der Waals surface area contributed by atoms with Gasteiger partial charge < -0.3 is 5.32 Å². The highest BCUT2D eigenvalue weighted by atomic mass is 14.9. The molecular formula is C12H25N. The Labute approximate surface area is 83.3 Å². The molecule has 0 aromatic carbocycles. The van der Waals surface area contributed by atoms with Crippen molar-refractivity contribution in [1.29, 1.82) is 0 Å². The highest BCUT2D eigenvalue weighted by Crippen LogP contribution is 2.29. The molecule has 0 aromatic heterocycles. The van der Waals surface area contributed by atoms with Crippen LogP contribution in [-0.4, -0.2) is 12.6 Å². The second kappa shape index (κ2) is 6.42. The molecule has 1 aliphatic carbocycles. The number of piperidine rings is 1. The van der Waals surface area contributed by atoms with E-state index in [4.69, 9.17) is 0 Å². The van der Waals surface area contributed by atoms with Crippen molar-refractivity contribution in [2.24, 2.45) is 5.92 Å². The fourth-order valence-corrected chi connectivity index (χ4v) is 2.47. The largest absolute Gasteiger partial charge is 0.314 e. The predicted molar refractivity (Wildman–Crippen MR) is 58.9 cm³/mol. The van der Waals surface area contributed by atoms with Gasteiger partial charge in [-0.05, 0) is 38.1 Å². The Balaban J connectivity index is 0.000000251. The molecule has 1 heterocycles. The van der Waals surface area contributed by atoms with Gasteiger partial charge in [0.2, 0.25) is 0 Å². The van der Waals surface area contributed by atoms with Gasteiger partial charge in [-0.3, -0.25) is 0 Å². The van der Waals surface area contributed by atoms with E-state index in [1.807, 2.05) is 0 Å². The Morgan fingerprint density at radius 3 is 2.31 bits per heavy atom. The quantitative estimate of drug-likeness (QED) is 0.607. The Morgan fingerprint density at radius 1 is 1.00 bits per heavy atom. The van der Waals surface area contributed by atoms with Gasteiger partial charge in [-0.1, -0.05) is 33.1 Å². The minimum atomic E-state index is 0.905. The lowest BCUT2D eigenvalue weighted by Crippen LogP contribution is -2.42. The number of fused-ring (bicyclic) bond motifs is 1. The third kappa shape index (κ3) is 3.68. The van der Waals surface area contributed by atoms with E-state index < -0.39 is 0 Å². The van der Waals surface area contributed by atoms with Crippen molar-refractivity contribution in [2.75, 3.05) is 6.54 Å². The maximum Gasteiger partial charge on any atom is 0.00953 e. The van der Waals surface area contributed by atoms with Crippen molar-refractivity contribution >= 4 is 0 Å². The highest BCUT2D eigenvalue weighted by Gasteiger charge is 2.26. The molecule has 13 heavy (non-hydrogen) atoms. The van der Waals surface area contributed by atoms with Crippen LogP contribution in [0, 0.1) is 5.92 Å². The van der Waals surface area contributed by atoms with Crippen LogP contribution in [0.5, 0.6) is 0 Å². The minimum Gasteiger partial charge on any atom is -0.314 e. The molecule has 1 saturated heterocycles. The maximum absolute atomic E-state index is 3.62. The average molecular weight is 183 g/mol. The molecule has 1 nitrogen and oxygen atoms in total. The molecule has 2 aliphatic rings. The van der Waals surface area contributed by atoms with Gasteiger partial charge >= 0.3 is 0 Å². The van der Waals surface area contributed by atoms with Crippen molar-refractivity contribution in [1.82, 2.24) is 5.32 Å². The zero-order valence-corrected chi connectivity index (χ0v) is 9.31. The lowest BCUT2D eigenvalue weighted by atomic mass is 9.80. The summed E-state index contributed by atoms with van der Waals surface area (Å²) < 4.78 is 0. The smallest absolute Gasteiger partial charge is 0.00953 e. The lowest BCUT2D eigenvalue weighted by Gasteiger charge is -2.36. The van der Waals surface area contributed by atoms with Crippen LogP contribution in [0.15, 0.2) is 0 Å². The monoisotopic (exact) mass is 183 g/mol. The molecule has 0 amide bonds. The number of nitrogens with one attached hydrogen (secondary N) is 1. The number of hydrogen-bond donors (Lipinski definition) is 1. The molecule has 2 unspecified atom stereocenters. The minimum absolute atomic E-state index is 0.905. The van der Waals surface area contributed by atoms with Crippen LogP contribution >= 0.6 is 0 Å². The number of rotatable bonds is 0. The van der Waals surface area contributed by atoms with Crippen molar-refractivity contribution in [3.05, 3.63) is 0 Å². The van der Waals surface area contributed by atoms with Crippen LogP contribution in [0.25, 0.3) is 0 Å². The number of hydrogen-bond acceptors (Lipinski definition) is 1. The summed E-state index contributed by atoms with van der Waals surface area (Å²) in [5.74, 6) is 1.04. The third-order valence-corrected chi connectivity index (χ3v) is 3.07. The fourth-order valence-electron chi connectivity index (χ4n) is 2.47. The third-order valence-electron chi connectivity index (χ3n) is 3.07. The SMILES string of the molecule is C1CCC2NCCCC2C1.CCC. The van der Waals surface area contributed by atoms with Gasteiger partial charge in [0, 0.05) is 6.04 Å². The second-order valence-corrected chi connectivity index (χ2v) is 4.45. The second-order valence-electron chi connectivity index (χ2n) is 4.45. The molecule has 0 radical (unpaired) electrons. The summed E-state index contributed by atoms with van der Waals surface area (Å²) in [6.07, 6.45) is 10.1. The Bertz CT molecular complexity index is 96.3. The van der Waals surface area contributed by atoms with Gasteiger partial charge in [-0.25, -0.2) is 0 Å². The molecular weight excluding hydrogens is 158 g/mol. The first kappa shape index (κ1) is 11.0. The first-order valence-electron chi connectivity index (χ1n) is 6.11. The summed E-state index contributed by atoms with van der Waals surface area (Å²) >= 11 is 0. The molecule has 0 spiro atoms. The van der Waals surface area contributed by atoms with E-state index in [1.165, 1.54) is 51.5 Å². The summed E-state index contributed by atoms with van der Waals surface area (Å²) in [6, 6.07) is 0.905. The molecule has 1 N–H and O–H groups in total. The summed E-state index contributed by atoms with van der Waals surface area (Å²) in [5, 5.41) is 3.62. The molecule has 2 fully saturated rings. The van der Waals surface area contributed by atoms with E-state index >= 15 is 0 Å². The molecule has 1 heteroatoms. The van der Waals surface area contributed by atoms with Crippen molar-refractivity contribution in [3.8, 4) is 0 Å². The van der Waals surface area contributed by atoms with Crippen LogP contribution in [0.4, 0.5) is 0 Å². The molecule has 2 rings (SSSR count). The molecule has 0 bridgehead atoms. The summed E-state index contributed by atoms with van der Waals surface area (Å²) in [7, 11) is 0. The van der Waals surface area contributed by atoms with E-state index in [-0.39, 0.29) is 0 Å². The van der Waals surface area contributed by atoms with E-state index in [1.54, 1.807) is 0 Å². The maximum atomic E-state index is 3.62. The Hall–Kier alpha value is -0.0400. The summed E-state index contributed by atoms with van der Waals surface area (Å²) in [4.78, 5) is 0. The summed E-state index contributed by atoms with van der Waals surface area (Å²) in [6.45, 7) is 5.53. The van der Waals surface area contributed by atoms with Gasteiger partial charge in [0.1, 0.15) is 0 Å². The van der Waals surface area contributed by atoms with Gasteiger partial charge in [0.25, 0.3) is 0 Å². The Morgan fingerprint density at radius 2 is 1.62 bits per heavy atom. The highest BCUT2D eigenvalue weighted by molar-refractivity contribution is 4.84. The molecule has 1 saturated carbocycles. The first-order chi connectivity index (χ1) is 6.38. The molecule has 0 aromatic rings. The molecule has 2 atom stereocenters. The van der Waals surface area contributed by atoms with Crippen molar-refractivity contribution in [3.63, 3.8) is 0 Å². The summed E-state index contributed by atoms with van der Waals surface area (Å²) in [5.41, 5.74) is 0. The topological polar surface area (TPSA) is 12.0 Å². The van der Waals surface area contributed by atoms with Crippen LogP contribution in [0.3, 0.4) is 0 Å². The Kier molecular flexibility index (Phi) is 5.45. The van der Waals surface area contributed by atoms with Crippen molar-refractivity contribution < 1.29 is 0 Å². The normalized spacial score (nSPS) is 32.8. The van der Waals surface area contributed by atoms with E-state index in [0.29, 0.717) is 0 Å². The van der Waals surface area contributed by atoms with Gasteiger partial charge in [-0.2, -0.15) is 0 Å². The van der Waals surface area contributed by atoms with Crippen LogP contribution in [-0.2, 0) is 0 Å².